The van der Waals surface area contributed by atoms with Gasteiger partial charge in [-0.15, -0.1) is 11.3 Å². The summed E-state index contributed by atoms with van der Waals surface area (Å²) in [5.41, 5.74) is 7.05. The number of nitrogens with two attached hydrogens (primary N) is 1. The van der Waals surface area contributed by atoms with E-state index in [1.807, 2.05) is 42.3 Å². The number of nitrogens with one attached hydrogen (secondary N) is 1. The van der Waals surface area contributed by atoms with Gasteiger partial charge in [0.15, 0.2) is 0 Å². The zero-order valence-corrected chi connectivity index (χ0v) is 16.3. The molecule has 1 aliphatic rings. The van der Waals surface area contributed by atoms with E-state index in [2.05, 4.69) is 5.32 Å². The maximum atomic E-state index is 12.3. The molecule has 3 N–H and O–H groups in total. The Hall–Kier alpha value is -2.38. The fourth-order valence-corrected chi connectivity index (χ4v) is 4.60. The second-order valence-electron chi connectivity index (χ2n) is 6.73. The molecule has 0 radical (unpaired) electrons. The molecular weight excluding hydrogens is 362 g/mol. The summed E-state index contributed by atoms with van der Waals surface area (Å²) in [7, 11) is 1.89. The molecule has 6 nitrogen and oxygen atoms in total. The number of fused-ring (bicyclic) bond motifs is 1. The Bertz CT molecular complexity index is 804. The lowest BCUT2D eigenvalue weighted by molar-refractivity contribution is -0.117. The number of carbonyl (C=O) groups excluding carboxylic acids is 2. The molecule has 7 heteroatoms. The van der Waals surface area contributed by atoms with Crippen molar-refractivity contribution in [1.82, 2.24) is 4.90 Å². The quantitative estimate of drug-likeness (QED) is 0.648. The molecule has 0 aliphatic heterocycles. The second-order valence-corrected chi connectivity index (χ2v) is 7.83. The smallest absolute Gasteiger partial charge is 0.251 e. The number of amides is 2. The van der Waals surface area contributed by atoms with Crippen molar-refractivity contribution in [3.63, 3.8) is 0 Å². The standard InChI is InChI=1S/C20H25N3O3S/c1-23(11-6-12-26-14-7-3-2-4-8-14)13-17(24)22-20-18(19(21)25)15-9-5-10-16(15)27-20/h2-4,7-8H,5-6,9-13H2,1H3,(H2,21,25)(H,22,24). The summed E-state index contributed by atoms with van der Waals surface area (Å²) in [5.74, 6) is 0.252. The van der Waals surface area contributed by atoms with Gasteiger partial charge in [0.25, 0.3) is 5.91 Å². The zero-order valence-electron chi connectivity index (χ0n) is 15.5. The second kappa shape index (κ2) is 9.01. The lowest BCUT2D eigenvalue weighted by atomic mass is 10.1. The molecule has 1 aromatic carbocycles. The summed E-state index contributed by atoms with van der Waals surface area (Å²) in [4.78, 5) is 27.3. The van der Waals surface area contributed by atoms with Crippen molar-refractivity contribution in [3.05, 3.63) is 46.3 Å². The number of aryl methyl sites for hydroxylation is 1. The monoisotopic (exact) mass is 387 g/mol. The van der Waals surface area contributed by atoms with E-state index in [0.717, 1.165) is 43.5 Å². The predicted octanol–water partition coefficient (Wildman–Crippen LogP) is 2.68. The Labute approximate surface area is 163 Å². The van der Waals surface area contributed by atoms with Crippen LogP contribution in [0, 0.1) is 0 Å². The van der Waals surface area contributed by atoms with Gasteiger partial charge in [0, 0.05) is 11.4 Å². The average Bonchev–Trinajstić information content (AvgIpc) is 3.19. The number of anilines is 1. The molecular formula is C20H25N3O3S. The number of benzene rings is 1. The lowest BCUT2D eigenvalue weighted by Crippen LogP contribution is -2.31. The van der Waals surface area contributed by atoms with Crippen molar-refractivity contribution >= 4 is 28.2 Å². The highest BCUT2D eigenvalue weighted by molar-refractivity contribution is 7.17. The number of likely N-dealkylation sites (N-methyl/N-ethyl adjacent to an activating group) is 1. The molecule has 1 aromatic heterocycles. The third-order valence-electron chi connectivity index (χ3n) is 4.53. The molecule has 0 fully saturated rings. The van der Waals surface area contributed by atoms with Crippen molar-refractivity contribution in [1.29, 1.82) is 0 Å². The molecule has 0 atom stereocenters. The van der Waals surface area contributed by atoms with E-state index in [1.54, 1.807) is 0 Å². The molecule has 0 bridgehead atoms. The van der Waals surface area contributed by atoms with Crippen LogP contribution in [0.25, 0.3) is 0 Å². The highest BCUT2D eigenvalue weighted by Crippen LogP contribution is 2.38. The van der Waals surface area contributed by atoms with Gasteiger partial charge in [-0.3, -0.25) is 14.5 Å². The van der Waals surface area contributed by atoms with Crippen molar-refractivity contribution < 1.29 is 14.3 Å². The maximum absolute atomic E-state index is 12.3. The summed E-state index contributed by atoms with van der Waals surface area (Å²) in [6.45, 7) is 1.59. The zero-order chi connectivity index (χ0) is 19.2. The minimum Gasteiger partial charge on any atom is -0.494 e. The van der Waals surface area contributed by atoms with E-state index in [-0.39, 0.29) is 12.5 Å². The number of ether oxygens (including phenoxy) is 1. The van der Waals surface area contributed by atoms with Crippen LogP contribution >= 0.6 is 11.3 Å². The number of hydrogen-bond donors (Lipinski definition) is 2. The van der Waals surface area contributed by atoms with E-state index in [4.69, 9.17) is 10.5 Å². The number of carbonyl (C=O) groups is 2. The first-order chi connectivity index (χ1) is 13.0. The van der Waals surface area contributed by atoms with Gasteiger partial charge in [0.1, 0.15) is 10.8 Å². The fourth-order valence-electron chi connectivity index (χ4n) is 3.28. The first-order valence-electron chi connectivity index (χ1n) is 9.15. The molecule has 0 spiro atoms. The minimum absolute atomic E-state index is 0.135. The molecule has 144 valence electrons. The molecule has 2 amide bonds. The first kappa shape index (κ1) is 19.4. The minimum atomic E-state index is -0.462. The van der Waals surface area contributed by atoms with E-state index in [1.165, 1.54) is 16.2 Å². The van der Waals surface area contributed by atoms with Gasteiger partial charge in [-0.25, -0.2) is 0 Å². The fraction of sp³-hybridized carbons (Fsp3) is 0.400. The SMILES string of the molecule is CN(CCCOc1ccccc1)CC(=O)Nc1sc2c(c1C(N)=O)CCC2. The third kappa shape index (κ3) is 5.08. The number of thiophene rings is 1. The van der Waals surface area contributed by atoms with E-state index < -0.39 is 5.91 Å². The van der Waals surface area contributed by atoms with Gasteiger partial charge >= 0.3 is 0 Å². The number of nitrogens with zero attached hydrogens (tertiary/aromatic N) is 1. The molecule has 0 saturated carbocycles. The van der Waals surface area contributed by atoms with E-state index in [0.29, 0.717) is 17.2 Å². The Balaban J connectivity index is 1.44. The van der Waals surface area contributed by atoms with Crippen LogP contribution in [-0.4, -0.2) is 43.5 Å². The van der Waals surface area contributed by atoms with Crippen LogP contribution in [0.2, 0.25) is 0 Å². The Morgan fingerprint density at radius 3 is 2.78 bits per heavy atom. The predicted molar refractivity (Wildman–Crippen MR) is 108 cm³/mol. The first-order valence-corrected chi connectivity index (χ1v) is 9.97. The van der Waals surface area contributed by atoms with Crippen LogP contribution < -0.4 is 15.8 Å². The van der Waals surface area contributed by atoms with Gasteiger partial charge in [-0.1, -0.05) is 18.2 Å². The molecule has 1 heterocycles. The lowest BCUT2D eigenvalue weighted by Gasteiger charge is -2.16. The normalized spacial score (nSPS) is 12.8. The molecule has 2 aromatic rings. The number of hydrogen-bond acceptors (Lipinski definition) is 5. The Morgan fingerprint density at radius 2 is 2.04 bits per heavy atom. The van der Waals surface area contributed by atoms with Gasteiger partial charge in [0.2, 0.25) is 5.91 Å². The van der Waals surface area contributed by atoms with Crippen LogP contribution in [0.1, 0.15) is 33.6 Å². The molecule has 1 aliphatic carbocycles. The number of rotatable bonds is 9. The topological polar surface area (TPSA) is 84.7 Å². The average molecular weight is 388 g/mol. The highest BCUT2D eigenvalue weighted by Gasteiger charge is 2.26. The summed E-state index contributed by atoms with van der Waals surface area (Å²) in [6, 6.07) is 9.67. The largest absolute Gasteiger partial charge is 0.494 e. The maximum Gasteiger partial charge on any atom is 0.251 e. The highest BCUT2D eigenvalue weighted by atomic mass is 32.1. The molecule has 27 heavy (non-hydrogen) atoms. The molecule has 3 rings (SSSR count). The van der Waals surface area contributed by atoms with Crippen molar-refractivity contribution in [2.45, 2.75) is 25.7 Å². The van der Waals surface area contributed by atoms with Crippen LogP contribution in [0.3, 0.4) is 0 Å². The molecule has 0 unspecified atom stereocenters. The summed E-state index contributed by atoms with van der Waals surface area (Å²) >= 11 is 1.48. The van der Waals surface area contributed by atoms with Gasteiger partial charge in [-0.05, 0) is 50.4 Å². The molecule has 0 saturated heterocycles. The van der Waals surface area contributed by atoms with Crippen molar-refractivity contribution in [3.8, 4) is 5.75 Å². The van der Waals surface area contributed by atoms with Crippen LogP contribution in [0.5, 0.6) is 5.75 Å². The van der Waals surface area contributed by atoms with Gasteiger partial charge < -0.3 is 15.8 Å². The van der Waals surface area contributed by atoms with E-state index in [9.17, 15) is 9.59 Å². The Kier molecular flexibility index (Phi) is 6.47. The summed E-state index contributed by atoms with van der Waals surface area (Å²) in [6.07, 6.45) is 3.68. The number of para-hydroxylation sites is 1. The van der Waals surface area contributed by atoms with Crippen LogP contribution in [0.15, 0.2) is 30.3 Å². The van der Waals surface area contributed by atoms with E-state index >= 15 is 0 Å². The van der Waals surface area contributed by atoms with Gasteiger partial charge in [-0.2, -0.15) is 0 Å². The van der Waals surface area contributed by atoms with Crippen molar-refractivity contribution in [2.75, 3.05) is 32.1 Å². The summed E-state index contributed by atoms with van der Waals surface area (Å²) < 4.78 is 5.66. The Morgan fingerprint density at radius 1 is 1.26 bits per heavy atom. The summed E-state index contributed by atoms with van der Waals surface area (Å²) in [5, 5.41) is 3.47. The third-order valence-corrected chi connectivity index (χ3v) is 5.74. The van der Waals surface area contributed by atoms with Crippen LogP contribution in [0.4, 0.5) is 5.00 Å². The number of primary amides is 1. The van der Waals surface area contributed by atoms with Crippen LogP contribution in [-0.2, 0) is 17.6 Å². The van der Waals surface area contributed by atoms with Crippen molar-refractivity contribution in [2.24, 2.45) is 5.73 Å². The van der Waals surface area contributed by atoms with Gasteiger partial charge in [0.05, 0.1) is 18.7 Å².